The van der Waals surface area contributed by atoms with Crippen molar-refractivity contribution in [1.82, 2.24) is 0 Å². The average molecular weight is 128 g/mol. The van der Waals surface area contributed by atoms with E-state index in [1.165, 1.54) is 25.7 Å². The number of carboxylic acids is 1. The van der Waals surface area contributed by atoms with Crippen LogP contribution in [0.5, 0.6) is 0 Å². The monoisotopic (exact) mass is 128 g/mol. The first-order chi connectivity index (χ1) is 4.27. The van der Waals surface area contributed by atoms with E-state index >= 15 is 0 Å². The molecule has 0 spiro atoms. The third-order valence-corrected chi connectivity index (χ3v) is 1.17. The van der Waals surface area contributed by atoms with Gasteiger partial charge in [-0.05, 0) is 0 Å². The van der Waals surface area contributed by atoms with Gasteiger partial charge in [0.15, 0.2) is 0 Å². The molecule has 0 aromatic heterocycles. The first kappa shape index (κ1) is 8.21. The van der Waals surface area contributed by atoms with Crippen LogP contribution in [0.15, 0.2) is 12.7 Å². The van der Waals surface area contributed by atoms with Crippen LogP contribution in [0.4, 0.5) is 0 Å². The summed E-state index contributed by atoms with van der Waals surface area (Å²) in [6.07, 6.45) is 6.83. The van der Waals surface area contributed by atoms with E-state index < -0.39 is 5.97 Å². The minimum Gasteiger partial charge on any atom is -0.478 e. The lowest BCUT2D eigenvalue weighted by atomic mass is 10.0. The highest BCUT2D eigenvalue weighted by molar-refractivity contribution is 5.78. The van der Waals surface area contributed by atoms with Crippen molar-refractivity contribution in [3.05, 3.63) is 12.7 Å². The van der Waals surface area contributed by atoms with Gasteiger partial charge in [0, 0.05) is 6.08 Å². The second-order valence-electron chi connectivity index (χ2n) is 1.96. The van der Waals surface area contributed by atoms with Crippen LogP contribution in [0.2, 0.25) is 0 Å². The Morgan fingerprint density at radius 1 is 1.33 bits per heavy atom. The van der Waals surface area contributed by atoms with E-state index in [1.807, 2.05) is 0 Å². The molecule has 1 N–H and O–H groups in total. The standard InChI is InChI=1S/C4H8.C3H4O2/c1-2-4-3-1;1-2-3(4)5/h1-4H2;2H,1H2,(H,4,5). The van der Waals surface area contributed by atoms with Gasteiger partial charge < -0.3 is 5.11 Å². The Bertz CT molecular complexity index is 89.1. The van der Waals surface area contributed by atoms with Crippen molar-refractivity contribution >= 4 is 5.97 Å². The molecule has 1 fully saturated rings. The molecule has 0 saturated heterocycles. The first-order valence-corrected chi connectivity index (χ1v) is 3.12. The van der Waals surface area contributed by atoms with Crippen LogP contribution in [-0.4, -0.2) is 11.1 Å². The predicted octanol–water partition coefficient (Wildman–Crippen LogP) is 1.82. The van der Waals surface area contributed by atoms with E-state index in [1.54, 1.807) is 0 Å². The topological polar surface area (TPSA) is 37.3 Å². The molecule has 2 nitrogen and oxygen atoms in total. The maximum absolute atomic E-state index is 9.25. The molecule has 1 aliphatic rings. The Hall–Kier alpha value is -0.790. The molecule has 0 atom stereocenters. The predicted molar refractivity (Wildman–Crippen MR) is 36.3 cm³/mol. The molecule has 1 aliphatic carbocycles. The van der Waals surface area contributed by atoms with Gasteiger partial charge in [-0.3, -0.25) is 0 Å². The Balaban J connectivity index is 0.000000144. The smallest absolute Gasteiger partial charge is 0.327 e. The third-order valence-electron chi connectivity index (χ3n) is 1.17. The van der Waals surface area contributed by atoms with Gasteiger partial charge in [-0.15, -0.1) is 0 Å². The van der Waals surface area contributed by atoms with Crippen LogP contribution < -0.4 is 0 Å². The van der Waals surface area contributed by atoms with Crippen molar-refractivity contribution in [2.75, 3.05) is 0 Å². The van der Waals surface area contributed by atoms with Crippen LogP contribution in [0, 0.1) is 0 Å². The summed E-state index contributed by atoms with van der Waals surface area (Å²) in [6, 6.07) is 0. The zero-order chi connectivity index (χ0) is 7.11. The number of hydrogen-bond donors (Lipinski definition) is 1. The molecular formula is C7H12O2. The molecule has 0 amide bonds. The SMILES string of the molecule is C1CCC1.C=CC(=O)O. The number of rotatable bonds is 1. The lowest BCUT2D eigenvalue weighted by Gasteiger charge is -2.05. The van der Waals surface area contributed by atoms with Crippen molar-refractivity contribution in [2.45, 2.75) is 25.7 Å². The van der Waals surface area contributed by atoms with Gasteiger partial charge >= 0.3 is 5.97 Å². The summed E-state index contributed by atoms with van der Waals surface area (Å²) in [7, 11) is 0. The number of hydrogen-bond acceptors (Lipinski definition) is 1. The summed E-state index contributed by atoms with van der Waals surface area (Å²) in [5, 5.41) is 7.60. The van der Waals surface area contributed by atoms with E-state index in [0.717, 1.165) is 6.08 Å². The fourth-order valence-corrected chi connectivity index (χ4v) is 0.250. The molecule has 52 valence electrons. The summed E-state index contributed by atoms with van der Waals surface area (Å²) in [4.78, 5) is 9.25. The van der Waals surface area contributed by atoms with Crippen LogP contribution in [0.3, 0.4) is 0 Å². The molecule has 0 aromatic carbocycles. The highest BCUT2D eigenvalue weighted by Gasteiger charge is 1.95. The normalized spacial score (nSPS) is 14.2. The average Bonchev–Trinajstić information content (AvgIpc) is 1.61. The summed E-state index contributed by atoms with van der Waals surface area (Å²) in [5.74, 6) is -0.981. The second kappa shape index (κ2) is 5.35. The molecule has 0 aliphatic heterocycles. The Morgan fingerprint density at radius 3 is 1.56 bits per heavy atom. The first-order valence-electron chi connectivity index (χ1n) is 3.12. The Morgan fingerprint density at radius 2 is 1.56 bits per heavy atom. The minimum absolute atomic E-state index is 0.833. The molecule has 0 aromatic rings. The minimum atomic E-state index is -0.981. The molecule has 9 heavy (non-hydrogen) atoms. The van der Waals surface area contributed by atoms with Gasteiger partial charge in [-0.25, -0.2) is 4.79 Å². The Labute approximate surface area is 55.2 Å². The summed E-state index contributed by atoms with van der Waals surface area (Å²) < 4.78 is 0. The van der Waals surface area contributed by atoms with E-state index in [0.29, 0.717) is 0 Å². The van der Waals surface area contributed by atoms with Gasteiger partial charge in [0.25, 0.3) is 0 Å². The van der Waals surface area contributed by atoms with Crippen LogP contribution in [-0.2, 0) is 4.79 Å². The maximum atomic E-state index is 9.25. The van der Waals surface area contributed by atoms with Gasteiger partial charge in [-0.2, -0.15) is 0 Å². The molecule has 1 rings (SSSR count). The van der Waals surface area contributed by atoms with E-state index in [4.69, 9.17) is 5.11 Å². The summed E-state index contributed by atoms with van der Waals surface area (Å²) >= 11 is 0. The number of carbonyl (C=O) groups is 1. The zero-order valence-corrected chi connectivity index (χ0v) is 5.47. The summed E-state index contributed by atoms with van der Waals surface area (Å²) in [6.45, 7) is 2.96. The third kappa shape index (κ3) is 7.21. The fourth-order valence-electron chi connectivity index (χ4n) is 0.250. The maximum Gasteiger partial charge on any atom is 0.327 e. The largest absolute Gasteiger partial charge is 0.478 e. The van der Waals surface area contributed by atoms with Gasteiger partial charge in [0.2, 0.25) is 0 Å². The second-order valence-corrected chi connectivity index (χ2v) is 1.96. The number of aliphatic carboxylic acids is 1. The van der Waals surface area contributed by atoms with E-state index in [9.17, 15) is 4.79 Å². The van der Waals surface area contributed by atoms with Gasteiger partial charge in [0.05, 0.1) is 0 Å². The molecule has 1 saturated carbocycles. The van der Waals surface area contributed by atoms with Crippen LogP contribution >= 0.6 is 0 Å². The number of carboxylic acid groups (broad SMARTS) is 1. The molecule has 0 radical (unpaired) electrons. The van der Waals surface area contributed by atoms with Crippen LogP contribution in [0.1, 0.15) is 25.7 Å². The van der Waals surface area contributed by atoms with Crippen molar-refractivity contribution in [2.24, 2.45) is 0 Å². The highest BCUT2D eigenvalue weighted by atomic mass is 16.4. The van der Waals surface area contributed by atoms with Gasteiger partial charge in [-0.1, -0.05) is 32.3 Å². The lowest BCUT2D eigenvalue weighted by molar-refractivity contribution is -0.131. The quantitative estimate of drug-likeness (QED) is 0.547. The molecule has 0 bridgehead atoms. The van der Waals surface area contributed by atoms with Crippen molar-refractivity contribution in [1.29, 1.82) is 0 Å². The van der Waals surface area contributed by atoms with Crippen molar-refractivity contribution < 1.29 is 9.90 Å². The highest BCUT2D eigenvalue weighted by Crippen LogP contribution is 2.15. The Kier molecular flexibility index (Phi) is 4.88. The zero-order valence-electron chi connectivity index (χ0n) is 5.47. The lowest BCUT2D eigenvalue weighted by Crippen LogP contribution is -1.85. The van der Waals surface area contributed by atoms with Gasteiger partial charge in [0.1, 0.15) is 0 Å². The molecule has 0 heterocycles. The molecule has 2 heteroatoms. The summed E-state index contributed by atoms with van der Waals surface area (Å²) in [5.41, 5.74) is 0. The molecule has 0 unspecified atom stereocenters. The molecular weight excluding hydrogens is 116 g/mol. The van der Waals surface area contributed by atoms with Crippen LogP contribution in [0.25, 0.3) is 0 Å². The fraction of sp³-hybridized carbons (Fsp3) is 0.571. The van der Waals surface area contributed by atoms with E-state index in [-0.39, 0.29) is 0 Å². The van der Waals surface area contributed by atoms with E-state index in [2.05, 4.69) is 6.58 Å². The van der Waals surface area contributed by atoms with Crippen molar-refractivity contribution in [3.8, 4) is 0 Å². The van der Waals surface area contributed by atoms with Crippen molar-refractivity contribution in [3.63, 3.8) is 0 Å².